The van der Waals surface area contributed by atoms with E-state index in [1.165, 1.54) is 5.56 Å². The molecule has 0 bridgehead atoms. The molecule has 4 nitrogen and oxygen atoms in total. The maximum Gasteiger partial charge on any atom is 0.317 e. The monoisotopic (exact) mass is 256 g/mol. The van der Waals surface area contributed by atoms with Gasteiger partial charge in [0.1, 0.15) is 11.2 Å². The number of carboxylic acid groups (broad SMARTS) is 1. The molecule has 0 spiro atoms. The Morgan fingerprint density at radius 3 is 2.74 bits per heavy atom. The van der Waals surface area contributed by atoms with Gasteiger partial charge in [0, 0.05) is 5.56 Å². The zero-order valence-corrected chi connectivity index (χ0v) is 11.0. The largest absolute Gasteiger partial charge is 0.480 e. The summed E-state index contributed by atoms with van der Waals surface area (Å²) in [6, 6.07) is 6.22. The third-order valence-corrected chi connectivity index (χ3v) is 3.87. The Bertz CT molecular complexity index is 654. The van der Waals surface area contributed by atoms with E-state index in [0.29, 0.717) is 18.7 Å². The summed E-state index contributed by atoms with van der Waals surface area (Å²) in [5.41, 5.74) is 3.54. The standard InChI is InChI=1S/C15H16N2O2/c1-9-3-4-10(2)11(7-9)12-8-16-13(17-12)15(5-6-15)14(18)19/h3-4,7-8H,5-6H2,1-2H3,(H,16,17)(H,18,19). The average molecular weight is 256 g/mol. The lowest BCUT2D eigenvalue weighted by atomic mass is 10.0. The van der Waals surface area contributed by atoms with Gasteiger partial charge in [-0.3, -0.25) is 4.79 Å². The van der Waals surface area contributed by atoms with E-state index < -0.39 is 11.4 Å². The Labute approximate surface area is 111 Å². The van der Waals surface area contributed by atoms with Gasteiger partial charge in [-0.25, -0.2) is 4.98 Å². The molecule has 1 heterocycles. The van der Waals surface area contributed by atoms with Crippen LogP contribution in [0.4, 0.5) is 0 Å². The van der Waals surface area contributed by atoms with Crippen LogP contribution in [0, 0.1) is 13.8 Å². The molecule has 2 aromatic rings. The van der Waals surface area contributed by atoms with E-state index in [2.05, 4.69) is 28.2 Å². The molecule has 2 N–H and O–H groups in total. The molecule has 1 aromatic heterocycles. The molecule has 4 heteroatoms. The van der Waals surface area contributed by atoms with Crippen molar-refractivity contribution in [2.24, 2.45) is 0 Å². The first-order valence-corrected chi connectivity index (χ1v) is 6.39. The normalized spacial score (nSPS) is 16.3. The Morgan fingerprint density at radius 1 is 1.37 bits per heavy atom. The van der Waals surface area contributed by atoms with Crippen molar-refractivity contribution in [1.82, 2.24) is 9.97 Å². The molecule has 1 saturated carbocycles. The summed E-state index contributed by atoms with van der Waals surface area (Å²) in [6.45, 7) is 4.08. The summed E-state index contributed by atoms with van der Waals surface area (Å²) in [5.74, 6) is -0.203. The van der Waals surface area contributed by atoms with E-state index >= 15 is 0 Å². The number of hydrogen-bond donors (Lipinski definition) is 2. The van der Waals surface area contributed by atoms with Crippen LogP contribution in [0.25, 0.3) is 11.3 Å². The smallest absolute Gasteiger partial charge is 0.317 e. The van der Waals surface area contributed by atoms with Crippen LogP contribution < -0.4 is 0 Å². The number of carbonyl (C=O) groups is 1. The summed E-state index contributed by atoms with van der Waals surface area (Å²) < 4.78 is 0. The molecule has 1 aliphatic carbocycles. The SMILES string of the molecule is Cc1ccc(C)c(-c2cnc(C3(C(=O)O)CC3)[nH]2)c1. The molecule has 98 valence electrons. The first-order chi connectivity index (χ1) is 9.03. The quantitative estimate of drug-likeness (QED) is 0.887. The molecule has 0 radical (unpaired) electrons. The van der Waals surface area contributed by atoms with Gasteiger partial charge < -0.3 is 10.1 Å². The van der Waals surface area contributed by atoms with E-state index in [4.69, 9.17) is 0 Å². The van der Waals surface area contributed by atoms with Crippen LogP contribution in [-0.2, 0) is 10.2 Å². The summed E-state index contributed by atoms with van der Waals surface area (Å²) in [6.07, 6.45) is 3.07. The van der Waals surface area contributed by atoms with Gasteiger partial charge in [-0.15, -0.1) is 0 Å². The number of imidazole rings is 1. The summed E-state index contributed by atoms with van der Waals surface area (Å²) in [7, 11) is 0. The molecule has 19 heavy (non-hydrogen) atoms. The van der Waals surface area contributed by atoms with E-state index in [0.717, 1.165) is 16.8 Å². The number of carboxylic acids is 1. The van der Waals surface area contributed by atoms with Crippen molar-refractivity contribution in [3.63, 3.8) is 0 Å². The molecule has 0 saturated heterocycles. The number of aromatic amines is 1. The van der Waals surface area contributed by atoms with Crippen LogP contribution in [0.15, 0.2) is 24.4 Å². The van der Waals surface area contributed by atoms with Gasteiger partial charge in [-0.1, -0.05) is 17.7 Å². The maximum atomic E-state index is 11.3. The number of nitrogens with one attached hydrogen (secondary N) is 1. The first kappa shape index (κ1) is 12.0. The molecule has 0 aliphatic heterocycles. The second-order valence-electron chi connectivity index (χ2n) is 5.35. The number of H-pyrrole nitrogens is 1. The molecule has 3 rings (SSSR count). The second kappa shape index (κ2) is 3.95. The number of rotatable bonds is 3. The summed E-state index contributed by atoms with van der Waals surface area (Å²) in [5, 5.41) is 9.28. The number of benzene rings is 1. The van der Waals surface area contributed by atoms with Crippen molar-refractivity contribution >= 4 is 5.97 Å². The van der Waals surface area contributed by atoms with Crippen molar-refractivity contribution in [3.05, 3.63) is 41.3 Å². The van der Waals surface area contributed by atoms with Gasteiger partial charge in [0.15, 0.2) is 0 Å². The zero-order valence-electron chi connectivity index (χ0n) is 11.0. The van der Waals surface area contributed by atoms with Crippen LogP contribution in [0.2, 0.25) is 0 Å². The summed E-state index contributed by atoms with van der Waals surface area (Å²) in [4.78, 5) is 18.8. The highest BCUT2D eigenvalue weighted by Crippen LogP contribution is 2.47. The third kappa shape index (κ3) is 1.84. The number of hydrogen-bond acceptors (Lipinski definition) is 2. The second-order valence-corrected chi connectivity index (χ2v) is 5.35. The highest BCUT2D eigenvalue weighted by molar-refractivity contribution is 5.84. The van der Waals surface area contributed by atoms with Crippen LogP contribution >= 0.6 is 0 Å². The number of aliphatic carboxylic acids is 1. The molecular weight excluding hydrogens is 240 g/mol. The van der Waals surface area contributed by atoms with Gasteiger partial charge >= 0.3 is 5.97 Å². The van der Waals surface area contributed by atoms with Gasteiger partial charge in [0.2, 0.25) is 0 Å². The number of aryl methyl sites for hydroxylation is 2. The lowest BCUT2D eigenvalue weighted by molar-refractivity contribution is -0.140. The highest BCUT2D eigenvalue weighted by atomic mass is 16.4. The molecule has 1 aromatic carbocycles. The lowest BCUT2D eigenvalue weighted by Crippen LogP contribution is -2.20. The number of aromatic nitrogens is 2. The van der Waals surface area contributed by atoms with Crippen molar-refractivity contribution in [2.75, 3.05) is 0 Å². The first-order valence-electron chi connectivity index (χ1n) is 6.39. The predicted octanol–water partition coefficient (Wildman–Crippen LogP) is 2.81. The minimum Gasteiger partial charge on any atom is -0.480 e. The van der Waals surface area contributed by atoms with Crippen molar-refractivity contribution in [3.8, 4) is 11.3 Å². The van der Waals surface area contributed by atoms with E-state index in [-0.39, 0.29) is 0 Å². The Balaban J connectivity index is 2.02. The van der Waals surface area contributed by atoms with E-state index in [1.54, 1.807) is 6.20 Å². The molecule has 0 atom stereocenters. The molecule has 1 aliphatic rings. The van der Waals surface area contributed by atoms with Gasteiger partial charge in [-0.2, -0.15) is 0 Å². The van der Waals surface area contributed by atoms with Crippen LogP contribution in [0.1, 0.15) is 29.8 Å². The number of nitrogens with zero attached hydrogens (tertiary/aromatic N) is 1. The molecular formula is C15H16N2O2. The topological polar surface area (TPSA) is 66.0 Å². The van der Waals surface area contributed by atoms with Gasteiger partial charge in [0.25, 0.3) is 0 Å². The fourth-order valence-electron chi connectivity index (χ4n) is 2.40. The zero-order chi connectivity index (χ0) is 13.6. The minimum atomic E-state index is -0.783. The van der Waals surface area contributed by atoms with E-state index in [9.17, 15) is 9.90 Å². The third-order valence-electron chi connectivity index (χ3n) is 3.87. The average Bonchev–Trinajstić information content (AvgIpc) is 3.05. The van der Waals surface area contributed by atoms with Crippen LogP contribution in [0.3, 0.4) is 0 Å². The lowest BCUT2D eigenvalue weighted by Gasteiger charge is -2.06. The molecule has 0 amide bonds. The Kier molecular flexibility index (Phi) is 2.49. The van der Waals surface area contributed by atoms with Crippen molar-refractivity contribution in [1.29, 1.82) is 0 Å². The van der Waals surface area contributed by atoms with Crippen LogP contribution in [-0.4, -0.2) is 21.0 Å². The molecule has 0 unspecified atom stereocenters. The Hall–Kier alpha value is -2.10. The minimum absolute atomic E-state index is 0.580. The van der Waals surface area contributed by atoms with Gasteiger partial charge in [-0.05, 0) is 38.3 Å². The van der Waals surface area contributed by atoms with Crippen LogP contribution in [0.5, 0.6) is 0 Å². The highest BCUT2D eigenvalue weighted by Gasteiger charge is 2.54. The molecule has 1 fully saturated rings. The van der Waals surface area contributed by atoms with E-state index in [1.807, 2.05) is 13.8 Å². The van der Waals surface area contributed by atoms with Crippen molar-refractivity contribution < 1.29 is 9.90 Å². The fourth-order valence-corrected chi connectivity index (χ4v) is 2.40. The van der Waals surface area contributed by atoms with Crippen molar-refractivity contribution in [2.45, 2.75) is 32.1 Å². The summed E-state index contributed by atoms with van der Waals surface area (Å²) >= 11 is 0. The maximum absolute atomic E-state index is 11.3. The predicted molar refractivity (Wildman–Crippen MR) is 72.0 cm³/mol. The van der Waals surface area contributed by atoms with Gasteiger partial charge in [0.05, 0.1) is 11.9 Å². The Morgan fingerprint density at radius 2 is 2.11 bits per heavy atom. The fraction of sp³-hybridized carbons (Fsp3) is 0.333.